The van der Waals surface area contributed by atoms with Gasteiger partial charge in [0.05, 0.1) is 7.11 Å². The van der Waals surface area contributed by atoms with Gasteiger partial charge in [-0.3, -0.25) is 0 Å². The summed E-state index contributed by atoms with van der Waals surface area (Å²) >= 11 is 0. The Morgan fingerprint density at radius 3 is 2.43 bits per heavy atom. The average Bonchev–Trinajstić information content (AvgIpc) is 3.01. The van der Waals surface area contributed by atoms with Crippen LogP contribution in [0.15, 0.2) is 42.5 Å². The summed E-state index contributed by atoms with van der Waals surface area (Å²) in [5.41, 5.74) is 1.95. The molecule has 1 aliphatic rings. The van der Waals surface area contributed by atoms with Gasteiger partial charge in [-0.05, 0) is 61.3 Å². The van der Waals surface area contributed by atoms with E-state index in [9.17, 15) is 9.50 Å². The molecule has 1 aliphatic heterocycles. The number of rotatable bonds is 10. The van der Waals surface area contributed by atoms with Gasteiger partial charge in [0.25, 0.3) is 0 Å². The molecular weight excluding hydrogens is 383 g/mol. The van der Waals surface area contributed by atoms with Crippen molar-refractivity contribution in [1.82, 2.24) is 10.2 Å². The van der Waals surface area contributed by atoms with Crippen molar-refractivity contribution in [2.75, 3.05) is 33.4 Å². The Hall–Kier alpha value is -2.15. The quantitative estimate of drug-likeness (QED) is 0.618. The van der Waals surface area contributed by atoms with Crippen LogP contribution in [0.5, 0.6) is 11.5 Å². The maximum absolute atomic E-state index is 13.3. The number of likely N-dealkylation sites (tertiary alicyclic amines) is 1. The van der Waals surface area contributed by atoms with E-state index in [1.165, 1.54) is 37.8 Å². The van der Waals surface area contributed by atoms with Crippen LogP contribution in [0.3, 0.4) is 0 Å². The van der Waals surface area contributed by atoms with Crippen molar-refractivity contribution in [3.8, 4) is 11.5 Å². The van der Waals surface area contributed by atoms with Crippen LogP contribution in [-0.2, 0) is 13.1 Å². The van der Waals surface area contributed by atoms with E-state index in [-0.39, 0.29) is 12.4 Å². The number of nitrogens with one attached hydrogen (secondary N) is 1. The van der Waals surface area contributed by atoms with E-state index in [2.05, 4.69) is 10.2 Å². The molecule has 0 spiro atoms. The van der Waals surface area contributed by atoms with Gasteiger partial charge in [-0.1, -0.05) is 31.0 Å². The molecule has 1 heterocycles. The van der Waals surface area contributed by atoms with Crippen molar-refractivity contribution >= 4 is 0 Å². The van der Waals surface area contributed by atoms with E-state index in [0.717, 1.165) is 24.2 Å². The third-order valence-electron chi connectivity index (χ3n) is 5.37. The smallest absolute Gasteiger partial charge is 0.161 e. The zero-order valence-corrected chi connectivity index (χ0v) is 17.8. The molecule has 0 bridgehead atoms. The van der Waals surface area contributed by atoms with Crippen molar-refractivity contribution in [3.05, 3.63) is 59.4 Å². The first-order valence-corrected chi connectivity index (χ1v) is 10.8. The first-order valence-electron chi connectivity index (χ1n) is 10.8. The van der Waals surface area contributed by atoms with Gasteiger partial charge in [0.15, 0.2) is 11.5 Å². The molecule has 0 aromatic heterocycles. The topological polar surface area (TPSA) is 54.0 Å². The SMILES string of the molecule is COc1cc(CNCc2cccc(F)c2)ccc1OCC(O)CN1CCCCCC1. The third-order valence-corrected chi connectivity index (χ3v) is 5.37. The second kappa shape index (κ2) is 11.9. The second-order valence-electron chi connectivity index (χ2n) is 7.90. The Labute approximate surface area is 178 Å². The van der Waals surface area contributed by atoms with Crippen LogP contribution in [-0.4, -0.2) is 49.5 Å². The number of aliphatic hydroxyl groups excluding tert-OH is 1. The largest absolute Gasteiger partial charge is 0.493 e. The third kappa shape index (κ3) is 7.27. The molecule has 0 saturated carbocycles. The highest BCUT2D eigenvalue weighted by molar-refractivity contribution is 5.43. The monoisotopic (exact) mass is 416 g/mol. The van der Waals surface area contributed by atoms with Crippen molar-refractivity contribution < 1.29 is 19.0 Å². The summed E-state index contributed by atoms with van der Waals surface area (Å²) in [6, 6.07) is 12.3. The minimum Gasteiger partial charge on any atom is -0.493 e. The van der Waals surface area contributed by atoms with E-state index in [0.29, 0.717) is 31.1 Å². The number of β-amino-alcohol motifs (C(OH)–C–C–N with tert-alkyl or cyclic N) is 1. The molecule has 0 radical (unpaired) electrons. The predicted molar refractivity (Wildman–Crippen MR) is 116 cm³/mol. The zero-order valence-electron chi connectivity index (χ0n) is 17.8. The highest BCUT2D eigenvalue weighted by Gasteiger charge is 2.15. The van der Waals surface area contributed by atoms with Crippen LogP contribution in [0, 0.1) is 5.82 Å². The molecule has 2 aromatic rings. The fourth-order valence-electron chi connectivity index (χ4n) is 3.79. The van der Waals surface area contributed by atoms with E-state index in [4.69, 9.17) is 9.47 Å². The van der Waals surface area contributed by atoms with E-state index in [1.54, 1.807) is 13.2 Å². The van der Waals surface area contributed by atoms with E-state index >= 15 is 0 Å². The molecule has 0 aliphatic carbocycles. The Bertz CT molecular complexity index is 779. The number of ether oxygens (including phenoxy) is 2. The van der Waals surface area contributed by atoms with Gasteiger partial charge in [0.2, 0.25) is 0 Å². The lowest BCUT2D eigenvalue weighted by Gasteiger charge is -2.23. The van der Waals surface area contributed by atoms with Gasteiger partial charge in [-0.2, -0.15) is 0 Å². The predicted octanol–water partition coefficient (Wildman–Crippen LogP) is 3.74. The van der Waals surface area contributed by atoms with E-state index < -0.39 is 6.10 Å². The first-order chi connectivity index (χ1) is 14.6. The number of aliphatic hydroxyl groups is 1. The molecule has 1 fully saturated rings. The maximum atomic E-state index is 13.3. The van der Waals surface area contributed by atoms with Crippen LogP contribution < -0.4 is 14.8 Å². The molecule has 0 amide bonds. The number of benzene rings is 2. The number of halogens is 1. The van der Waals surface area contributed by atoms with Crippen LogP contribution in [0.4, 0.5) is 4.39 Å². The Morgan fingerprint density at radius 2 is 1.73 bits per heavy atom. The molecule has 1 atom stereocenters. The number of nitrogens with zero attached hydrogens (tertiary/aromatic N) is 1. The lowest BCUT2D eigenvalue weighted by molar-refractivity contribution is 0.0683. The Morgan fingerprint density at radius 1 is 1.00 bits per heavy atom. The van der Waals surface area contributed by atoms with Crippen molar-refractivity contribution in [3.63, 3.8) is 0 Å². The molecule has 2 N–H and O–H groups in total. The van der Waals surface area contributed by atoms with E-state index in [1.807, 2.05) is 24.3 Å². The van der Waals surface area contributed by atoms with Gasteiger partial charge in [-0.25, -0.2) is 4.39 Å². The van der Waals surface area contributed by atoms with Gasteiger partial charge < -0.3 is 24.8 Å². The zero-order chi connectivity index (χ0) is 21.2. The Balaban J connectivity index is 1.47. The summed E-state index contributed by atoms with van der Waals surface area (Å²) in [6.07, 6.45) is 4.44. The van der Waals surface area contributed by atoms with Gasteiger partial charge in [0, 0.05) is 19.6 Å². The number of hydrogen-bond acceptors (Lipinski definition) is 5. The molecule has 6 heteroatoms. The molecule has 30 heavy (non-hydrogen) atoms. The average molecular weight is 417 g/mol. The summed E-state index contributed by atoms with van der Waals surface area (Å²) in [4.78, 5) is 2.33. The fraction of sp³-hybridized carbons (Fsp3) is 0.500. The molecule has 1 unspecified atom stereocenters. The van der Waals surface area contributed by atoms with Crippen LogP contribution in [0.1, 0.15) is 36.8 Å². The summed E-state index contributed by atoms with van der Waals surface area (Å²) in [5.74, 6) is 1.04. The molecule has 164 valence electrons. The molecule has 2 aromatic carbocycles. The fourth-order valence-corrected chi connectivity index (χ4v) is 3.79. The van der Waals surface area contributed by atoms with Crippen LogP contribution >= 0.6 is 0 Å². The first kappa shape index (κ1) is 22.5. The number of methoxy groups -OCH3 is 1. The van der Waals surface area contributed by atoms with Gasteiger partial charge in [0.1, 0.15) is 18.5 Å². The summed E-state index contributed by atoms with van der Waals surface area (Å²) in [7, 11) is 1.61. The van der Waals surface area contributed by atoms with Crippen LogP contribution in [0.25, 0.3) is 0 Å². The lowest BCUT2D eigenvalue weighted by Crippen LogP contribution is -2.36. The summed E-state index contributed by atoms with van der Waals surface area (Å²) < 4.78 is 24.6. The van der Waals surface area contributed by atoms with Gasteiger partial charge in [-0.15, -0.1) is 0 Å². The van der Waals surface area contributed by atoms with Gasteiger partial charge >= 0.3 is 0 Å². The number of hydrogen-bond donors (Lipinski definition) is 2. The van der Waals surface area contributed by atoms with Crippen molar-refractivity contribution in [2.24, 2.45) is 0 Å². The highest BCUT2D eigenvalue weighted by Crippen LogP contribution is 2.28. The standard InChI is InChI=1S/C24H33FN2O3/c1-29-24-14-20(16-26-15-19-7-6-8-21(25)13-19)9-10-23(24)30-18-22(28)17-27-11-4-2-3-5-12-27/h6-10,13-14,22,26,28H,2-5,11-12,15-18H2,1H3. The summed E-state index contributed by atoms with van der Waals surface area (Å²) in [6.45, 7) is 4.20. The minimum absolute atomic E-state index is 0.226. The normalized spacial score (nSPS) is 16.1. The molecule has 3 rings (SSSR count). The maximum Gasteiger partial charge on any atom is 0.161 e. The van der Waals surface area contributed by atoms with Crippen LogP contribution in [0.2, 0.25) is 0 Å². The second-order valence-corrected chi connectivity index (χ2v) is 7.90. The molecule has 1 saturated heterocycles. The van der Waals surface area contributed by atoms with Crippen molar-refractivity contribution in [1.29, 1.82) is 0 Å². The molecule has 5 nitrogen and oxygen atoms in total. The summed E-state index contributed by atoms with van der Waals surface area (Å²) in [5, 5.41) is 13.7. The lowest BCUT2D eigenvalue weighted by atomic mass is 10.2. The Kier molecular flexibility index (Phi) is 8.93. The van der Waals surface area contributed by atoms with Crippen molar-refractivity contribution in [2.45, 2.75) is 44.9 Å². The highest BCUT2D eigenvalue weighted by atomic mass is 19.1. The molecular formula is C24H33FN2O3. The minimum atomic E-state index is -0.527.